The number of hydrogen-bond donors (Lipinski definition) is 1. The minimum absolute atomic E-state index is 0.0257. The van der Waals surface area contributed by atoms with Crippen LogP contribution in [-0.2, 0) is 4.79 Å². The number of benzene rings is 2. The van der Waals surface area contributed by atoms with Crippen molar-refractivity contribution >= 4 is 29.0 Å². The van der Waals surface area contributed by atoms with Crippen LogP contribution in [0, 0.1) is 6.92 Å². The third-order valence-corrected chi connectivity index (χ3v) is 6.45. The van der Waals surface area contributed by atoms with E-state index in [1.807, 2.05) is 30.5 Å². The Kier molecular flexibility index (Phi) is 5.54. The van der Waals surface area contributed by atoms with Crippen molar-refractivity contribution < 1.29 is 14.3 Å². The van der Waals surface area contributed by atoms with Gasteiger partial charge in [0.25, 0.3) is 0 Å². The van der Waals surface area contributed by atoms with Crippen molar-refractivity contribution in [1.29, 1.82) is 0 Å². The molecule has 1 aliphatic rings. The fourth-order valence-corrected chi connectivity index (χ4v) is 4.50. The Hall–Kier alpha value is -2.51. The monoisotopic (exact) mass is 412 g/mol. The number of amides is 1. The van der Waals surface area contributed by atoms with Crippen LogP contribution in [-0.4, -0.2) is 23.4 Å². The zero-order chi connectivity index (χ0) is 19.5. The summed E-state index contributed by atoms with van der Waals surface area (Å²) in [6.45, 7) is 4.27. The predicted octanol–water partition coefficient (Wildman–Crippen LogP) is 4.82. The van der Waals surface area contributed by atoms with Crippen LogP contribution in [0.25, 0.3) is 11.3 Å². The van der Waals surface area contributed by atoms with E-state index in [9.17, 15) is 4.79 Å². The molecule has 0 unspecified atom stereocenters. The number of hydrogen-bond acceptors (Lipinski definition) is 6. The molecule has 144 valence electrons. The van der Waals surface area contributed by atoms with E-state index in [0.717, 1.165) is 32.7 Å². The number of aromatic nitrogens is 1. The standard InChI is InChI=1S/C21H20N2O3S2/c1-13-3-5-15(6-4-13)17-10-27-21(23-17)28-11-20(24)22-14(2)16-7-8-18-19(9-16)26-12-25-18/h3-10,14H,11-12H2,1-2H3,(H,22,24)/t14-/m0/s1. The molecule has 3 aromatic rings. The highest BCUT2D eigenvalue weighted by Crippen LogP contribution is 2.34. The van der Waals surface area contributed by atoms with Gasteiger partial charge in [-0.1, -0.05) is 47.7 Å². The molecule has 0 radical (unpaired) electrons. The minimum atomic E-state index is -0.109. The summed E-state index contributed by atoms with van der Waals surface area (Å²) < 4.78 is 11.6. The summed E-state index contributed by atoms with van der Waals surface area (Å²) in [5.74, 6) is 1.77. The van der Waals surface area contributed by atoms with E-state index in [2.05, 4.69) is 41.5 Å². The lowest BCUT2D eigenvalue weighted by molar-refractivity contribution is -0.119. The number of fused-ring (bicyclic) bond motifs is 1. The average Bonchev–Trinajstić information content (AvgIpc) is 3.35. The molecule has 7 heteroatoms. The number of nitrogens with one attached hydrogen (secondary N) is 1. The summed E-state index contributed by atoms with van der Waals surface area (Å²) in [4.78, 5) is 17.0. The van der Waals surface area contributed by atoms with Crippen LogP contribution in [0.3, 0.4) is 0 Å². The summed E-state index contributed by atoms with van der Waals surface area (Å²) >= 11 is 3.02. The second kappa shape index (κ2) is 8.24. The zero-order valence-electron chi connectivity index (χ0n) is 15.6. The number of thioether (sulfide) groups is 1. The fraction of sp³-hybridized carbons (Fsp3) is 0.238. The maximum absolute atomic E-state index is 12.3. The van der Waals surface area contributed by atoms with E-state index in [1.54, 1.807) is 11.3 Å². The molecule has 0 saturated carbocycles. The molecule has 2 heterocycles. The number of rotatable bonds is 6. The SMILES string of the molecule is Cc1ccc(-c2csc(SCC(=O)N[C@@H](C)c3ccc4c(c3)OCO4)n2)cc1. The fourth-order valence-electron chi connectivity index (χ4n) is 2.86. The molecule has 0 bridgehead atoms. The maximum Gasteiger partial charge on any atom is 0.231 e. The Morgan fingerprint density at radius 3 is 2.82 bits per heavy atom. The van der Waals surface area contributed by atoms with Gasteiger partial charge in [-0.05, 0) is 31.5 Å². The van der Waals surface area contributed by atoms with E-state index in [4.69, 9.17) is 9.47 Å². The summed E-state index contributed by atoms with van der Waals surface area (Å²) in [5.41, 5.74) is 4.25. The van der Waals surface area contributed by atoms with E-state index in [-0.39, 0.29) is 18.7 Å². The molecule has 1 N–H and O–H groups in total. The van der Waals surface area contributed by atoms with Gasteiger partial charge in [-0.25, -0.2) is 4.98 Å². The average molecular weight is 413 g/mol. The third kappa shape index (κ3) is 4.31. The maximum atomic E-state index is 12.3. The van der Waals surface area contributed by atoms with Gasteiger partial charge in [-0.2, -0.15) is 0 Å². The third-order valence-electron chi connectivity index (χ3n) is 4.43. The van der Waals surface area contributed by atoms with E-state index >= 15 is 0 Å². The largest absolute Gasteiger partial charge is 0.454 e. The number of carbonyl (C=O) groups excluding carboxylic acids is 1. The van der Waals surface area contributed by atoms with Gasteiger partial charge in [0.05, 0.1) is 17.5 Å². The van der Waals surface area contributed by atoms with Crippen molar-refractivity contribution in [1.82, 2.24) is 10.3 Å². The van der Waals surface area contributed by atoms with Crippen LogP contribution in [0.4, 0.5) is 0 Å². The number of thiazole rings is 1. The molecular formula is C21H20N2O3S2. The first-order chi connectivity index (χ1) is 13.6. The first kappa shape index (κ1) is 18.8. The highest BCUT2D eigenvalue weighted by molar-refractivity contribution is 8.01. The Labute approximate surface area is 172 Å². The van der Waals surface area contributed by atoms with Gasteiger partial charge in [0.15, 0.2) is 15.8 Å². The van der Waals surface area contributed by atoms with Crippen molar-refractivity contribution in [2.24, 2.45) is 0 Å². The molecule has 1 atom stereocenters. The van der Waals surface area contributed by atoms with E-state index < -0.39 is 0 Å². The molecule has 1 aliphatic heterocycles. The zero-order valence-corrected chi connectivity index (χ0v) is 17.2. The minimum Gasteiger partial charge on any atom is -0.454 e. The lowest BCUT2D eigenvalue weighted by atomic mass is 10.1. The second-order valence-corrected chi connectivity index (χ2v) is 8.64. The molecule has 0 saturated heterocycles. The highest BCUT2D eigenvalue weighted by Gasteiger charge is 2.17. The van der Waals surface area contributed by atoms with Gasteiger partial charge in [0.1, 0.15) is 0 Å². The van der Waals surface area contributed by atoms with Crippen LogP contribution in [0.5, 0.6) is 11.5 Å². The van der Waals surface area contributed by atoms with Crippen molar-refractivity contribution in [3.63, 3.8) is 0 Å². The van der Waals surface area contributed by atoms with E-state index in [0.29, 0.717) is 5.75 Å². The normalized spacial score (nSPS) is 13.4. The smallest absolute Gasteiger partial charge is 0.231 e. The molecule has 4 rings (SSSR count). The molecule has 5 nitrogen and oxygen atoms in total. The summed E-state index contributed by atoms with van der Waals surface area (Å²) in [5, 5.41) is 5.05. The number of nitrogens with zero attached hydrogens (tertiary/aromatic N) is 1. The van der Waals surface area contributed by atoms with Gasteiger partial charge >= 0.3 is 0 Å². The second-order valence-electron chi connectivity index (χ2n) is 6.56. The van der Waals surface area contributed by atoms with Crippen molar-refractivity contribution in [2.75, 3.05) is 12.5 Å². The number of aryl methyl sites for hydroxylation is 1. The molecule has 0 fully saturated rings. The van der Waals surface area contributed by atoms with Crippen LogP contribution < -0.4 is 14.8 Å². The Morgan fingerprint density at radius 1 is 1.21 bits per heavy atom. The van der Waals surface area contributed by atoms with Crippen molar-refractivity contribution in [2.45, 2.75) is 24.2 Å². The molecule has 28 heavy (non-hydrogen) atoms. The van der Waals surface area contributed by atoms with E-state index in [1.165, 1.54) is 17.3 Å². The molecule has 0 aliphatic carbocycles. The molecule has 1 aromatic heterocycles. The summed E-state index contributed by atoms with van der Waals surface area (Å²) in [6.07, 6.45) is 0. The van der Waals surface area contributed by atoms with Crippen molar-refractivity contribution in [3.8, 4) is 22.8 Å². The molecular weight excluding hydrogens is 392 g/mol. The Bertz CT molecular complexity index is 986. The van der Waals surface area contributed by atoms with Crippen LogP contribution >= 0.6 is 23.1 Å². The van der Waals surface area contributed by atoms with Gasteiger partial charge < -0.3 is 14.8 Å². The number of ether oxygens (including phenoxy) is 2. The predicted molar refractivity (Wildman–Crippen MR) is 112 cm³/mol. The van der Waals surface area contributed by atoms with Crippen molar-refractivity contribution in [3.05, 3.63) is 59.0 Å². The van der Waals surface area contributed by atoms with Gasteiger partial charge in [-0.3, -0.25) is 4.79 Å². The Morgan fingerprint density at radius 2 is 2.00 bits per heavy atom. The summed E-state index contributed by atoms with van der Waals surface area (Å²) in [7, 11) is 0. The first-order valence-electron chi connectivity index (χ1n) is 8.93. The van der Waals surface area contributed by atoms with Gasteiger partial charge in [-0.15, -0.1) is 11.3 Å². The lowest BCUT2D eigenvalue weighted by Crippen LogP contribution is -2.28. The van der Waals surface area contributed by atoms with Crippen LogP contribution in [0.2, 0.25) is 0 Å². The molecule has 2 aromatic carbocycles. The first-order valence-corrected chi connectivity index (χ1v) is 10.8. The lowest BCUT2D eigenvalue weighted by Gasteiger charge is -2.14. The quantitative estimate of drug-likeness (QED) is 0.589. The molecule has 1 amide bonds. The van der Waals surface area contributed by atoms with Gasteiger partial charge in [0.2, 0.25) is 12.7 Å². The number of carbonyl (C=O) groups is 1. The summed E-state index contributed by atoms with van der Waals surface area (Å²) in [6, 6.07) is 13.9. The highest BCUT2D eigenvalue weighted by atomic mass is 32.2. The van der Waals surface area contributed by atoms with Crippen LogP contribution in [0.1, 0.15) is 24.1 Å². The molecule has 0 spiro atoms. The van der Waals surface area contributed by atoms with Crippen LogP contribution in [0.15, 0.2) is 52.2 Å². The Balaban J connectivity index is 1.31. The van der Waals surface area contributed by atoms with Gasteiger partial charge in [0, 0.05) is 10.9 Å². The topological polar surface area (TPSA) is 60.5 Å².